The highest BCUT2D eigenvalue weighted by molar-refractivity contribution is 7.13. The standard InChI is InChI=1S/C14H17N3O3S/c1-3-6-17-9(2)11(8-16-17)13(18)15-7-10-4-5-12(21-10)14(19)20/h4-5,8H,3,6-7H2,1-2H3,(H,15,18)(H,19,20). The van der Waals surface area contributed by atoms with Gasteiger partial charge in [-0.15, -0.1) is 11.3 Å². The number of aryl methyl sites for hydroxylation is 1. The van der Waals surface area contributed by atoms with Gasteiger partial charge in [-0.05, 0) is 25.5 Å². The Bertz CT molecular complexity index is 660. The highest BCUT2D eigenvalue weighted by atomic mass is 32.1. The average molecular weight is 307 g/mol. The molecule has 112 valence electrons. The normalized spacial score (nSPS) is 10.6. The number of thiophene rings is 1. The quantitative estimate of drug-likeness (QED) is 0.857. The van der Waals surface area contributed by atoms with E-state index in [4.69, 9.17) is 5.11 Å². The van der Waals surface area contributed by atoms with Gasteiger partial charge in [0.25, 0.3) is 5.91 Å². The van der Waals surface area contributed by atoms with Crippen molar-refractivity contribution in [2.24, 2.45) is 0 Å². The number of carbonyl (C=O) groups is 2. The lowest BCUT2D eigenvalue weighted by atomic mass is 10.2. The summed E-state index contributed by atoms with van der Waals surface area (Å²) in [6.45, 7) is 5.02. The van der Waals surface area contributed by atoms with Crippen LogP contribution in [-0.2, 0) is 13.1 Å². The molecule has 0 aliphatic rings. The Morgan fingerprint density at radius 1 is 1.43 bits per heavy atom. The average Bonchev–Trinajstić information content (AvgIpc) is 3.05. The molecular formula is C14H17N3O3S. The first-order chi connectivity index (χ1) is 10.0. The molecule has 2 aromatic rings. The summed E-state index contributed by atoms with van der Waals surface area (Å²) >= 11 is 1.16. The van der Waals surface area contributed by atoms with Gasteiger partial charge in [-0.2, -0.15) is 5.10 Å². The first-order valence-corrected chi connectivity index (χ1v) is 7.47. The number of aromatic carboxylic acids is 1. The molecule has 2 rings (SSSR count). The number of hydrogen-bond donors (Lipinski definition) is 2. The molecule has 0 aliphatic carbocycles. The monoisotopic (exact) mass is 307 g/mol. The fourth-order valence-corrected chi connectivity index (χ4v) is 2.74. The minimum Gasteiger partial charge on any atom is -0.477 e. The molecule has 2 aromatic heterocycles. The Morgan fingerprint density at radius 3 is 2.81 bits per heavy atom. The van der Waals surface area contributed by atoms with Gasteiger partial charge in [0, 0.05) is 17.1 Å². The van der Waals surface area contributed by atoms with Crippen molar-refractivity contribution in [3.8, 4) is 0 Å². The zero-order valence-corrected chi connectivity index (χ0v) is 12.7. The van der Waals surface area contributed by atoms with Gasteiger partial charge in [0.05, 0.1) is 18.3 Å². The number of rotatable bonds is 6. The third-order valence-electron chi connectivity index (χ3n) is 3.08. The topological polar surface area (TPSA) is 84.2 Å². The van der Waals surface area contributed by atoms with Crippen molar-refractivity contribution >= 4 is 23.2 Å². The lowest BCUT2D eigenvalue weighted by molar-refractivity contribution is 0.0702. The Labute approximate surface area is 126 Å². The fourth-order valence-electron chi connectivity index (χ4n) is 1.96. The zero-order chi connectivity index (χ0) is 15.4. The molecule has 0 aliphatic heterocycles. The van der Waals surface area contributed by atoms with E-state index in [1.807, 2.05) is 11.6 Å². The molecule has 2 N–H and O–H groups in total. The maximum atomic E-state index is 12.1. The van der Waals surface area contributed by atoms with Crippen LogP contribution in [-0.4, -0.2) is 26.8 Å². The van der Waals surface area contributed by atoms with E-state index in [9.17, 15) is 9.59 Å². The second-order valence-corrected chi connectivity index (χ2v) is 5.79. The molecule has 0 unspecified atom stereocenters. The van der Waals surface area contributed by atoms with Crippen molar-refractivity contribution in [1.29, 1.82) is 0 Å². The Hall–Kier alpha value is -2.15. The van der Waals surface area contributed by atoms with Gasteiger partial charge in [0.1, 0.15) is 4.88 Å². The lowest BCUT2D eigenvalue weighted by Crippen LogP contribution is -2.22. The van der Waals surface area contributed by atoms with E-state index in [1.54, 1.807) is 18.3 Å². The van der Waals surface area contributed by atoms with E-state index < -0.39 is 5.97 Å². The number of nitrogens with one attached hydrogen (secondary N) is 1. The molecule has 0 saturated heterocycles. The first-order valence-electron chi connectivity index (χ1n) is 6.65. The summed E-state index contributed by atoms with van der Waals surface area (Å²) in [7, 11) is 0. The van der Waals surface area contributed by atoms with Crippen molar-refractivity contribution in [2.75, 3.05) is 0 Å². The summed E-state index contributed by atoms with van der Waals surface area (Å²) < 4.78 is 1.81. The minimum absolute atomic E-state index is 0.194. The van der Waals surface area contributed by atoms with Crippen LogP contribution in [0.25, 0.3) is 0 Å². The molecule has 0 aromatic carbocycles. The molecule has 7 heteroatoms. The molecule has 0 radical (unpaired) electrons. The van der Waals surface area contributed by atoms with Gasteiger partial charge < -0.3 is 10.4 Å². The molecule has 6 nitrogen and oxygen atoms in total. The number of nitrogens with zero attached hydrogens (tertiary/aromatic N) is 2. The van der Waals surface area contributed by atoms with Crippen LogP contribution in [0.2, 0.25) is 0 Å². The highest BCUT2D eigenvalue weighted by Gasteiger charge is 2.14. The number of carboxylic acid groups (broad SMARTS) is 1. The maximum absolute atomic E-state index is 12.1. The number of amides is 1. The molecular weight excluding hydrogens is 290 g/mol. The smallest absolute Gasteiger partial charge is 0.345 e. The van der Waals surface area contributed by atoms with Gasteiger partial charge in [-0.1, -0.05) is 6.92 Å². The predicted octanol–water partition coefficient (Wildman–Crippen LogP) is 2.29. The van der Waals surface area contributed by atoms with Crippen LogP contribution in [0, 0.1) is 6.92 Å². The van der Waals surface area contributed by atoms with Crippen molar-refractivity contribution in [2.45, 2.75) is 33.4 Å². The highest BCUT2D eigenvalue weighted by Crippen LogP contribution is 2.16. The van der Waals surface area contributed by atoms with Crippen molar-refractivity contribution < 1.29 is 14.7 Å². The summed E-state index contributed by atoms with van der Waals surface area (Å²) in [4.78, 5) is 24.0. The van der Waals surface area contributed by atoms with Crippen LogP contribution in [0.4, 0.5) is 0 Å². The third-order valence-corrected chi connectivity index (χ3v) is 4.15. The van der Waals surface area contributed by atoms with Crippen molar-refractivity contribution in [3.63, 3.8) is 0 Å². The van der Waals surface area contributed by atoms with E-state index in [1.165, 1.54) is 0 Å². The van der Waals surface area contributed by atoms with Crippen LogP contribution in [0.3, 0.4) is 0 Å². The number of carbonyl (C=O) groups excluding carboxylic acids is 1. The van der Waals surface area contributed by atoms with Crippen LogP contribution >= 0.6 is 11.3 Å². The zero-order valence-electron chi connectivity index (χ0n) is 11.9. The lowest BCUT2D eigenvalue weighted by Gasteiger charge is -2.04. The van der Waals surface area contributed by atoms with Crippen LogP contribution in [0.5, 0.6) is 0 Å². The van der Waals surface area contributed by atoms with E-state index in [0.29, 0.717) is 12.1 Å². The molecule has 0 saturated carbocycles. The van der Waals surface area contributed by atoms with Gasteiger partial charge in [-0.25, -0.2) is 4.79 Å². The molecule has 0 bridgehead atoms. The van der Waals surface area contributed by atoms with Gasteiger partial charge >= 0.3 is 5.97 Å². The summed E-state index contributed by atoms with van der Waals surface area (Å²) in [5, 5.41) is 15.8. The van der Waals surface area contributed by atoms with Crippen molar-refractivity contribution in [3.05, 3.63) is 39.3 Å². The molecule has 21 heavy (non-hydrogen) atoms. The molecule has 0 atom stereocenters. The van der Waals surface area contributed by atoms with E-state index in [0.717, 1.165) is 34.9 Å². The Morgan fingerprint density at radius 2 is 2.19 bits per heavy atom. The number of carboxylic acids is 1. The van der Waals surface area contributed by atoms with E-state index in [-0.39, 0.29) is 10.8 Å². The Balaban J connectivity index is 1.99. The van der Waals surface area contributed by atoms with Gasteiger partial charge in [0.2, 0.25) is 0 Å². The fraction of sp³-hybridized carbons (Fsp3) is 0.357. The van der Waals surface area contributed by atoms with Gasteiger partial charge in [-0.3, -0.25) is 9.48 Å². The number of hydrogen-bond acceptors (Lipinski definition) is 4. The second kappa shape index (κ2) is 6.53. The van der Waals surface area contributed by atoms with Crippen LogP contribution < -0.4 is 5.32 Å². The summed E-state index contributed by atoms with van der Waals surface area (Å²) in [5.74, 6) is -1.14. The second-order valence-electron chi connectivity index (χ2n) is 4.62. The first kappa shape index (κ1) is 15.2. The largest absolute Gasteiger partial charge is 0.477 e. The van der Waals surface area contributed by atoms with E-state index >= 15 is 0 Å². The summed E-state index contributed by atoms with van der Waals surface area (Å²) in [5.41, 5.74) is 1.39. The van der Waals surface area contributed by atoms with Gasteiger partial charge in [0.15, 0.2) is 0 Å². The molecule has 0 spiro atoms. The number of aromatic nitrogens is 2. The Kier molecular flexibility index (Phi) is 4.74. The molecule has 2 heterocycles. The minimum atomic E-state index is -0.950. The molecule has 0 fully saturated rings. The van der Waals surface area contributed by atoms with Crippen molar-refractivity contribution in [1.82, 2.24) is 15.1 Å². The SMILES string of the molecule is CCCn1ncc(C(=O)NCc2ccc(C(=O)O)s2)c1C. The van der Waals surface area contributed by atoms with E-state index in [2.05, 4.69) is 17.3 Å². The summed E-state index contributed by atoms with van der Waals surface area (Å²) in [6, 6.07) is 3.25. The predicted molar refractivity (Wildman–Crippen MR) is 79.7 cm³/mol. The maximum Gasteiger partial charge on any atom is 0.345 e. The van der Waals surface area contributed by atoms with Crippen LogP contribution in [0.15, 0.2) is 18.3 Å². The molecule has 1 amide bonds. The van der Waals surface area contributed by atoms with Crippen LogP contribution in [0.1, 0.15) is 43.9 Å². The summed E-state index contributed by atoms with van der Waals surface area (Å²) in [6.07, 6.45) is 2.52. The third kappa shape index (κ3) is 3.49.